The van der Waals surface area contributed by atoms with E-state index in [1.54, 1.807) is 0 Å². The van der Waals surface area contributed by atoms with Crippen LogP contribution in [-0.4, -0.2) is 50.1 Å². The van der Waals surface area contributed by atoms with Gasteiger partial charge in [-0.1, -0.05) is 19.8 Å². The largest absolute Gasteiger partial charge is 0.356 e. The first-order valence-corrected chi connectivity index (χ1v) is 7.35. The molecule has 0 aromatic rings. The Bertz CT molecular complexity index is 248. The van der Waals surface area contributed by atoms with Gasteiger partial charge in [0.2, 0.25) is 0 Å². The Morgan fingerprint density at radius 1 is 1.33 bits per heavy atom. The lowest BCUT2D eigenvalue weighted by atomic mass is 10.2. The highest BCUT2D eigenvalue weighted by atomic mass is 15.2. The summed E-state index contributed by atoms with van der Waals surface area (Å²) in [5.74, 6) is 0.933. The van der Waals surface area contributed by atoms with Crippen LogP contribution in [-0.2, 0) is 0 Å². The number of rotatable bonds is 8. The molecule has 0 radical (unpaired) electrons. The molecule has 1 fully saturated rings. The van der Waals surface area contributed by atoms with Gasteiger partial charge in [-0.3, -0.25) is 9.89 Å². The maximum Gasteiger partial charge on any atom is 0.191 e. The summed E-state index contributed by atoms with van der Waals surface area (Å²) in [5.41, 5.74) is 0. The summed E-state index contributed by atoms with van der Waals surface area (Å²) in [6, 6.07) is 1.38. The molecule has 4 nitrogen and oxygen atoms in total. The van der Waals surface area contributed by atoms with Crippen LogP contribution >= 0.6 is 0 Å². The normalized spacial score (nSPS) is 17.9. The second-order valence-corrected chi connectivity index (χ2v) is 5.33. The van der Waals surface area contributed by atoms with Gasteiger partial charge in [0, 0.05) is 32.2 Å². The Morgan fingerprint density at radius 3 is 2.61 bits per heavy atom. The summed E-state index contributed by atoms with van der Waals surface area (Å²) in [4.78, 5) is 6.72. The van der Waals surface area contributed by atoms with Crippen LogP contribution in [0.1, 0.15) is 46.0 Å². The van der Waals surface area contributed by atoms with Gasteiger partial charge < -0.3 is 10.6 Å². The Labute approximate surface area is 112 Å². The Balaban J connectivity index is 2.14. The van der Waals surface area contributed by atoms with Crippen molar-refractivity contribution in [3.8, 4) is 0 Å². The molecule has 0 saturated heterocycles. The minimum Gasteiger partial charge on any atom is -0.356 e. The third kappa shape index (κ3) is 5.71. The van der Waals surface area contributed by atoms with Gasteiger partial charge in [-0.2, -0.15) is 0 Å². The van der Waals surface area contributed by atoms with Crippen LogP contribution in [0.2, 0.25) is 0 Å². The number of hydrogen-bond donors (Lipinski definition) is 2. The number of guanidine groups is 1. The van der Waals surface area contributed by atoms with Crippen molar-refractivity contribution < 1.29 is 0 Å². The van der Waals surface area contributed by atoms with Gasteiger partial charge in [0.1, 0.15) is 0 Å². The quantitative estimate of drug-likeness (QED) is 0.394. The van der Waals surface area contributed by atoms with Gasteiger partial charge >= 0.3 is 0 Å². The summed E-state index contributed by atoms with van der Waals surface area (Å²) >= 11 is 0. The van der Waals surface area contributed by atoms with Gasteiger partial charge in [0.05, 0.1) is 0 Å². The van der Waals surface area contributed by atoms with Gasteiger partial charge in [0.15, 0.2) is 5.96 Å². The average Bonchev–Trinajstić information content (AvgIpc) is 3.21. The van der Waals surface area contributed by atoms with Crippen molar-refractivity contribution in [2.24, 2.45) is 4.99 Å². The Morgan fingerprint density at radius 2 is 2.06 bits per heavy atom. The molecule has 1 rings (SSSR count). The lowest BCUT2D eigenvalue weighted by molar-refractivity contribution is 0.247. The molecule has 1 aliphatic carbocycles. The zero-order valence-electron chi connectivity index (χ0n) is 12.5. The zero-order valence-corrected chi connectivity index (χ0v) is 12.5. The molecule has 4 heteroatoms. The maximum absolute atomic E-state index is 4.25. The lowest BCUT2D eigenvalue weighted by Gasteiger charge is -2.25. The van der Waals surface area contributed by atoms with Crippen molar-refractivity contribution >= 4 is 5.96 Å². The number of hydrogen-bond acceptors (Lipinski definition) is 2. The highest BCUT2D eigenvalue weighted by Gasteiger charge is 2.28. The van der Waals surface area contributed by atoms with Gasteiger partial charge in [0.25, 0.3) is 0 Å². The first-order valence-electron chi connectivity index (χ1n) is 7.35. The van der Waals surface area contributed by atoms with E-state index in [2.05, 4.69) is 41.4 Å². The molecule has 1 unspecified atom stereocenters. The fourth-order valence-corrected chi connectivity index (χ4v) is 2.03. The number of nitrogens with one attached hydrogen (secondary N) is 2. The van der Waals surface area contributed by atoms with Crippen molar-refractivity contribution in [2.75, 3.05) is 27.2 Å². The van der Waals surface area contributed by atoms with Crippen molar-refractivity contribution in [3.63, 3.8) is 0 Å². The van der Waals surface area contributed by atoms with E-state index in [0.29, 0.717) is 6.04 Å². The third-order valence-electron chi connectivity index (χ3n) is 3.68. The summed E-state index contributed by atoms with van der Waals surface area (Å²) < 4.78 is 0. The number of likely N-dealkylation sites (N-methyl/N-ethyl adjacent to an activating group) is 1. The third-order valence-corrected chi connectivity index (χ3v) is 3.68. The number of nitrogens with zero attached hydrogens (tertiary/aromatic N) is 2. The molecular weight excluding hydrogens is 224 g/mol. The SMILES string of the molecule is CCCCCNC(=NC)NCC(C)N(C)C1CC1. The fourth-order valence-electron chi connectivity index (χ4n) is 2.03. The molecule has 0 aliphatic heterocycles. The predicted octanol–water partition coefficient (Wildman–Crippen LogP) is 1.82. The van der Waals surface area contributed by atoms with Crippen LogP contribution in [0.25, 0.3) is 0 Å². The van der Waals surface area contributed by atoms with Crippen LogP contribution in [0.3, 0.4) is 0 Å². The van der Waals surface area contributed by atoms with E-state index >= 15 is 0 Å². The van der Waals surface area contributed by atoms with Crippen molar-refractivity contribution in [3.05, 3.63) is 0 Å². The fraction of sp³-hybridized carbons (Fsp3) is 0.929. The number of aliphatic imine (C=N–C) groups is 1. The van der Waals surface area contributed by atoms with Crippen LogP contribution in [0, 0.1) is 0 Å². The standard InChI is InChI=1S/C14H30N4/c1-5-6-7-10-16-14(15-3)17-11-12(2)18(4)13-8-9-13/h12-13H,5-11H2,1-4H3,(H2,15,16,17). The Kier molecular flexibility index (Phi) is 7.09. The molecule has 0 amide bonds. The minimum absolute atomic E-state index is 0.562. The van der Waals surface area contributed by atoms with Gasteiger partial charge in [-0.15, -0.1) is 0 Å². The lowest BCUT2D eigenvalue weighted by Crippen LogP contribution is -2.45. The van der Waals surface area contributed by atoms with Crippen molar-refractivity contribution in [1.29, 1.82) is 0 Å². The molecule has 1 saturated carbocycles. The highest BCUT2D eigenvalue weighted by Crippen LogP contribution is 2.26. The second-order valence-electron chi connectivity index (χ2n) is 5.33. The molecule has 1 atom stereocenters. The molecule has 18 heavy (non-hydrogen) atoms. The summed E-state index contributed by atoms with van der Waals surface area (Å²) in [6.45, 7) is 6.47. The molecule has 0 aromatic carbocycles. The molecule has 1 aliphatic rings. The molecule has 106 valence electrons. The molecule has 0 spiro atoms. The monoisotopic (exact) mass is 254 g/mol. The molecular formula is C14H30N4. The first-order chi connectivity index (χ1) is 8.69. The van der Waals surface area contributed by atoms with Crippen molar-refractivity contribution in [1.82, 2.24) is 15.5 Å². The van der Waals surface area contributed by atoms with Gasteiger partial charge in [-0.05, 0) is 33.2 Å². The minimum atomic E-state index is 0.562. The zero-order chi connectivity index (χ0) is 13.4. The molecule has 2 N–H and O–H groups in total. The average molecular weight is 254 g/mol. The van der Waals surface area contributed by atoms with Crippen molar-refractivity contribution in [2.45, 2.75) is 58.0 Å². The summed E-state index contributed by atoms with van der Waals surface area (Å²) in [5, 5.41) is 6.77. The topological polar surface area (TPSA) is 39.7 Å². The predicted molar refractivity (Wildman–Crippen MR) is 79.1 cm³/mol. The molecule has 0 bridgehead atoms. The van der Waals surface area contributed by atoms with E-state index in [0.717, 1.165) is 25.1 Å². The highest BCUT2D eigenvalue weighted by molar-refractivity contribution is 5.79. The van der Waals surface area contributed by atoms with Crippen LogP contribution in [0.15, 0.2) is 4.99 Å². The Hall–Kier alpha value is -0.770. The first kappa shape index (κ1) is 15.3. The second kappa shape index (κ2) is 8.35. The van der Waals surface area contributed by atoms with E-state index in [4.69, 9.17) is 0 Å². The summed E-state index contributed by atoms with van der Waals surface area (Å²) in [6.07, 6.45) is 6.49. The van der Waals surface area contributed by atoms with Gasteiger partial charge in [-0.25, -0.2) is 0 Å². The van der Waals surface area contributed by atoms with E-state index < -0.39 is 0 Å². The van der Waals surface area contributed by atoms with E-state index in [1.807, 2.05) is 7.05 Å². The number of unbranched alkanes of at least 4 members (excludes halogenated alkanes) is 2. The molecule has 0 heterocycles. The maximum atomic E-state index is 4.25. The van der Waals surface area contributed by atoms with E-state index in [9.17, 15) is 0 Å². The van der Waals surface area contributed by atoms with Crippen LogP contribution in [0.4, 0.5) is 0 Å². The van der Waals surface area contributed by atoms with Crippen LogP contribution < -0.4 is 10.6 Å². The smallest absolute Gasteiger partial charge is 0.191 e. The van der Waals surface area contributed by atoms with Crippen LogP contribution in [0.5, 0.6) is 0 Å². The van der Waals surface area contributed by atoms with E-state index in [-0.39, 0.29) is 0 Å². The van der Waals surface area contributed by atoms with E-state index in [1.165, 1.54) is 32.1 Å². The summed E-state index contributed by atoms with van der Waals surface area (Å²) in [7, 11) is 4.06. The molecule has 0 aromatic heterocycles.